The fourth-order valence-corrected chi connectivity index (χ4v) is 14.3. The molecular formula is C91H77BrN20O6. The Morgan fingerprint density at radius 3 is 1.09 bits per heavy atom. The maximum absolute atomic E-state index is 13.3. The normalized spacial score (nSPS) is 12.8. The zero-order valence-corrected chi connectivity index (χ0v) is 66.8. The molecule has 0 aliphatic carbocycles. The third-order valence-corrected chi connectivity index (χ3v) is 20.7. The van der Waals surface area contributed by atoms with Gasteiger partial charge in [0.1, 0.15) is 16.0 Å². The topological polar surface area (TPSA) is 347 Å². The summed E-state index contributed by atoms with van der Waals surface area (Å²) in [4.78, 5) is 88.2. The van der Waals surface area contributed by atoms with Crippen LogP contribution in [0.2, 0.25) is 0 Å². The first-order chi connectivity index (χ1) is 57.1. The van der Waals surface area contributed by atoms with Gasteiger partial charge in [-0.25, -0.2) is 29.7 Å². The number of imidazole rings is 4. The molecule has 8 aromatic heterocycles. The Hall–Kier alpha value is -14.9. The summed E-state index contributed by atoms with van der Waals surface area (Å²) in [5, 5.41) is 38.8. The number of benzene rings is 7. The Balaban J connectivity index is 0.000000134. The molecule has 118 heavy (non-hydrogen) atoms. The molecule has 10 heterocycles. The lowest BCUT2D eigenvalue weighted by Gasteiger charge is -2.33. The first-order valence-corrected chi connectivity index (χ1v) is 38.7. The lowest BCUT2D eigenvalue weighted by molar-refractivity contribution is -0.120. The number of likely N-dealkylation sites (tertiary alicyclic amines) is 2. The van der Waals surface area contributed by atoms with Crippen LogP contribution in [0.25, 0.3) is 101 Å². The van der Waals surface area contributed by atoms with Crippen molar-refractivity contribution in [3.63, 3.8) is 0 Å². The summed E-state index contributed by atoms with van der Waals surface area (Å²) < 4.78 is 18.9. The van der Waals surface area contributed by atoms with Crippen molar-refractivity contribution < 1.29 is 28.7 Å². The molecule has 17 rings (SSSR count). The van der Waals surface area contributed by atoms with Crippen molar-refractivity contribution in [3.05, 3.63) is 281 Å². The van der Waals surface area contributed by atoms with Crippen molar-refractivity contribution in [3.8, 4) is 109 Å². The number of nitrogens with zero attached hydrogens (tertiary/aromatic N) is 18. The Labute approximate surface area is 687 Å². The molecule has 2 fully saturated rings. The van der Waals surface area contributed by atoms with Crippen LogP contribution < -0.4 is 15.8 Å². The predicted molar refractivity (Wildman–Crippen MR) is 449 cm³/mol. The van der Waals surface area contributed by atoms with Gasteiger partial charge in [-0.15, -0.1) is 0 Å². The van der Waals surface area contributed by atoms with Crippen molar-refractivity contribution in [2.75, 3.05) is 26.2 Å². The van der Waals surface area contributed by atoms with Crippen LogP contribution in [-0.4, -0.2) is 136 Å². The van der Waals surface area contributed by atoms with Crippen molar-refractivity contribution >= 4 is 62.9 Å². The number of hydrogen-bond donors (Lipinski definition) is 2. The van der Waals surface area contributed by atoms with Crippen LogP contribution in [0.5, 0.6) is 5.75 Å². The molecule has 0 radical (unpaired) electrons. The second-order valence-corrected chi connectivity index (χ2v) is 30.2. The number of nitriles is 4. The highest BCUT2D eigenvalue weighted by Crippen LogP contribution is 2.33. The van der Waals surface area contributed by atoms with Crippen molar-refractivity contribution in [2.45, 2.75) is 84.9 Å². The number of ether oxygens (including phenoxy) is 2. The van der Waals surface area contributed by atoms with Gasteiger partial charge in [0, 0.05) is 113 Å². The molecule has 2 saturated heterocycles. The maximum atomic E-state index is 13.3. The first-order valence-electron chi connectivity index (χ1n) is 37.9. The number of hydrogen-bond acceptors (Lipinski definition) is 19. The monoisotopic (exact) mass is 1620 g/mol. The zero-order chi connectivity index (χ0) is 82.7. The van der Waals surface area contributed by atoms with E-state index in [1.54, 1.807) is 104 Å². The molecule has 3 amide bonds. The number of carbonyl (C=O) groups excluding carboxylic acids is 4. The van der Waals surface area contributed by atoms with Crippen LogP contribution in [0.15, 0.2) is 231 Å². The lowest BCUT2D eigenvalue weighted by atomic mass is 10.00. The van der Waals surface area contributed by atoms with Gasteiger partial charge in [-0.05, 0) is 191 Å². The van der Waals surface area contributed by atoms with E-state index in [0.717, 1.165) is 141 Å². The van der Waals surface area contributed by atoms with Crippen molar-refractivity contribution in [2.24, 2.45) is 5.73 Å². The number of halogens is 1. The van der Waals surface area contributed by atoms with Crippen LogP contribution in [0.1, 0.15) is 106 Å². The third kappa shape index (κ3) is 18.2. The molecule has 0 atom stereocenters. The highest BCUT2D eigenvalue weighted by atomic mass is 79.9. The van der Waals surface area contributed by atoms with Gasteiger partial charge in [-0.3, -0.25) is 46.9 Å². The first kappa shape index (κ1) is 79.7. The molecule has 0 unspecified atom stereocenters. The SMILES string of the molecule is Cc1cc(-c2cn3c(-c4ccc(C#N)cc4)cnc3cn2)ccc1C(=O)N1CCC(N)CC1.Cc1cc(-c2cn3c(-c4ccc(C#N)cc4)cnc3cn2)ccc1C(=O)N1CCC(NC(=O)OC(C)(C)C)CC1.Cc1cc(-c2cn3c(-c4ccc(C#N)cc4)cnc3cn2)ccc1OC=O.N#Cc1ccc(-c2cnc3cnc(Br)cn23)cc1. The second-order valence-electron chi connectivity index (χ2n) is 29.4. The number of nitrogens with two attached hydrogens (primary N) is 1. The Kier molecular flexibility index (Phi) is 23.8. The van der Waals surface area contributed by atoms with E-state index in [0.29, 0.717) is 79.1 Å². The number of amides is 3. The van der Waals surface area contributed by atoms with Crippen molar-refractivity contribution in [1.82, 2.24) is 72.6 Å². The van der Waals surface area contributed by atoms with E-state index in [1.165, 1.54) is 0 Å². The molecule has 26 nitrogen and oxygen atoms in total. The predicted octanol–water partition coefficient (Wildman–Crippen LogP) is 16.0. The summed E-state index contributed by atoms with van der Waals surface area (Å²) in [6.45, 7) is 14.2. The molecule has 15 aromatic rings. The number of rotatable bonds is 12. The van der Waals surface area contributed by atoms with Gasteiger partial charge in [0.15, 0.2) is 22.6 Å². The van der Waals surface area contributed by atoms with Crippen LogP contribution in [0, 0.1) is 66.1 Å². The molecule has 0 spiro atoms. The van der Waals surface area contributed by atoms with E-state index in [9.17, 15) is 19.2 Å². The lowest BCUT2D eigenvalue weighted by Crippen LogP contribution is -2.47. The number of nitrogens with one attached hydrogen (secondary N) is 1. The molecule has 3 N–H and O–H groups in total. The highest BCUT2D eigenvalue weighted by molar-refractivity contribution is 9.10. The van der Waals surface area contributed by atoms with Gasteiger partial charge in [0.05, 0.1) is 136 Å². The minimum Gasteiger partial charge on any atom is -0.444 e. The van der Waals surface area contributed by atoms with Crippen LogP contribution in [0.3, 0.4) is 0 Å². The van der Waals surface area contributed by atoms with E-state index in [2.05, 4.69) is 85.4 Å². The standard InChI is InChI=1S/C31H32N6O3.C26H24N6O.C21H14N4O2.C13H7BrN4/c1-20-15-23(26-19-37-27(17-34-28(37)18-33-26)22-7-5-21(16-32)6-8-22)9-10-25(20)29(38)36-13-11-24(12-14-36)35-30(39)40-31(2,3)4;1-17-12-20(6-7-22(17)26(33)31-10-8-21(28)9-11-31)23-16-32-24(14-30-25(32)15-29-23)19-4-2-18(13-27)3-5-19;1-14-8-17(6-7-20(14)27-13-26)18-12-25-19(10-24-21(25)11-23-18)16-4-2-15(9-22)3-5-16;14-12-8-18-11(6-17-13(18)7-16-12)10-3-1-9(5-15)2-4-10/h5-10,15,17-19,24H,11-14H2,1-4H3,(H,35,39);2-7,12,14-16,21H,8-11,28H2,1H3;2-8,10-13H,1H3;1-4,6-8H. The number of aromatic nitrogens is 12. The van der Waals surface area contributed by atoms with E-state index < -0.39 is 11.7 Å². The fourth-order valence-electron chi connectivity index (χ4n) is 14.0. The molecule has 0 saturated carbocycles. The van der Waals surface area contributed by atoms with Gasteiger partial charge in [0.2, 0.25) is 0 Å². The summed E-state index contributed by atoms with van der Waals surface area (Å²) >= 11 is 3.34. The average molecular weight is 1630 g/mol. The fraction of sp³-hybridized carbons (Fsp3) is 0.187. The van der Waals surface area contributed by atoms with Gasteiger partial charge in [-0.1, -0.05) is 60.7 Å². The van der Waals surface area contributed by atoms with Crippen LogP contribution >= 0.6 is 15.9 Å². The van der Waals surface area contributed by atoms with Gasteiger partial charge >= 0.3 is 6.09 Å². The minimum atomic E-state index is -0.544. The summed E-state index contributed by atoms with van der Waals surface area (Å²) in [5.74, 6) is 0.573. The van der Waals surface area contributed by atoms with Gasteiger partial charge < -0.3 is 30.3 Å². The molecular weight excluding hydrogens is 1550 g/mol. The summed E-state index contributed by atoms with van der Waals surface area (Å²) in [7, 11) is 0. The van der Waals surface area contributed by atoms with Crippen LogP contribution in [-0.2, 0) is 9.53 Å². The second kappa shape index (κ2) is 35.2. The summed E-state index contributed by atoms with van der Waals surface area (Å²) in [5.41, 5.74) is 27.6. The van der Waals surface area contributed by atoms with E-state index in [4.69, 9.17) is 36.3 Å². The van der Waals surface area contributed by atoms with E-state index in [1.807, 2.05) is 191 Å². The van der Waals surface area contributed by atoms with Gasteiger partial charge in [-0.2, -0.15) is 21.0 Å². The number of alkyl carbamates (subject to hydrolysis) is 1. The minimum absolute atomic E-state index is 0.0131. The molecule has 2 aliphatic heterocycles. The molecule has 584 valence electrons. The smallest absolute Gasteiger partial charge is 0.407 e. The summed E-state index contributed by atoms with van der Waals surface area (Å²) in [6, 6.07) is 55.4. The molecule has 7 aromatic carbocycles. The number of aryl methyl sites for hydroxylation is 3. The van der Waals surface area contributed by atoms with Gasteiger partial charge in [0.25, 0.3) is 18.3 Å². The average Bonchev–Trinajstić information content (AvgIpc) is 1.65. The Morgan fingerprint density at radius 1 is 0.441 bits per heavy atom. The van der Waals surface area contributed by atoms with Crippen molar-refractivity contribution in [1.29, 1.82) is 21.0 Å². The molecule has 2 aliphatic rings. The van der Waals surface area contributed by atoms with E-state index in [-0.39, 0.29) is 23.9 Å². The highest BCUT2D eigenvalue weighted by Gasteiger charge is 2.29. The third-order valence-electron chi connectivity index (χ3n) is 20.3. The number of fused-ring (bicyclic) bond motifs is 4. The number of carbonyl (C=O) groups is 4. The summed E-state index contributed by atoms with van der Waals surface area (Å²) in [6.07, 6.45) is 24.4. The quantitative estimate of drug-likeness (QED) is 0.107. The molecule has 0 bridgehead atoms. The maximum Gasteiger partial charge on any atom is 0.407 e. The Bertz CT molecular complexity index is 6460. The zero-order valence-electron chi connectivity index (χ0n) is 65.2. The van der Waals surface area contributed by atoms with Crippen LogP contribution in [0.4, 0.5) is 4.79 Å². The largest absolute Gasteiger partial charge is 0.444 e. The number of piperidine rings is 2. The molecule has 27 heteroatoms. The Morgan fingerprint density at radius 2 is 0.763 bits per heavy atom. The van der Waals surface area contributed by atoms with E-state index >= 15 is 0 Å².